The molecule has 2 amide bonds. The normalized spacial score (nSPS) is 11.5. The molecule has 6 rings (SSSR count). The highest BCUT2D eigenvalue weighted by Crippen LogP contribution is 2.20. The van der Waals surface area contributed by atoms with E-state index in [2.05, 4.69) is 56.4 Å². The Bertz CT molecular complexity index is 2020. The molecular weight excluding hydrogens is 709 g/mol. The minimum absolute atomic E-state index is 0.116. The first-order chi connectivity index (χ1) is 27.4. The average molecular weight is 759 g/mol. The summed E-state index contributed by atoms with van der Waals surface area (Å²) >= 11 is 0. The van der Waals surface area contributed by atoms with Crippen molar-refractivity contribution in [3.8, 4) is 0 Å². The monoisotopic (exact) mass is 758 g/mol. The number of benzene rings is 4. The predicted octanol–water partition coefficient (Wildman–Crippen LogP) is 5.45. The lowest BCUT2D eigenvalue weighted by molar-refractivity contribution is -0.124. The number of amides is 2. The zero-order valence-corrected chi connectivity index (χ0v) is 31.3. The van der Waals surface area contributed by atoms with E-state index < -0.39 is 11.8 Å². The smallest absolute Gasteiger partial charge is 0.267 e. The van der Waals surface area contributed by atoms with E-state index in [0.717, 1.165) is 72.3 Å². The topological polar surface area (TPSA) is 177 Å². The molecule has 0 saturated heterocycles. The number of carbonyl (C=O) groups excluding carboxylic acids is 2. The lowest BCUT2D eigenvalue weighted by atomic mass is 10.1. The van der Waals surface area contributed by atoms with Crippen LogP contribution in [0.3, 0.4) is 0 Å². The van der Waals surface area contributed by atoms with Gasteiger partial charge in [-0.1, -0.05) is 84.9 Å². The number of nitrogens with zero attached hydrogens (tertiary/aromatic N) is 2. The number of aliphatic hydroxyl groups excluding tert-OH is 2. The van der Waals surface area contributed by atoms with Crippen LogP contribution in [0.15, 0.2) is 122 Å². The Morgan fingerprint density at radius 3 is 1.32 bits per heavy atom. The number of rotatable bonds is 18. The van der Waals surface area contributed by atoms with Crippen LogP contribution in [0.5, 0.6) is 0 Å². The highest BCUT2D eigenvalue weighted by molar-refractivity contribution is 5.91. The first-order valence-corrected chi connectivity index (χ1v) is 18.6. The van der Waals surface area contributed by atoms with Crippen LogP contribution in [0.1, 0.15) is 33.4 Å². The van der Waals surface area contributed by atoms with Gasteiger partial charge in [0.15, 0.2) is 0 Å². The third-order valence-corrected chi connectivity index (χ3v) is 9.42. The number of nitrogens with one attached hydrogen (secondary N) is 4. The summed E-state index contributed by atoms with van der Waals surface area (Å²) in [7, 11) is 0. The summed E-state index contributed by atoms with van der Waals surface area (Å²) in [6, 6.07) is 32.3. The van der Waals surface area contributed by atoms with Crippen LogP contribution in [0.2, 0.25) is 0 Å². The van der Waals surface area contributed by atoms with Crippen LogP contribution in [0.4, 0.5) is 0 Å². The largest absolute Gasteiger partial charge is 0.395 e. The maximum absolute atomic E-state index is 11.0. The van der Waals surface area contributed by atoms with E-state index in [4.69, 9.17) is 10.4 Å². The molecule has 2 aromatic heterocycles. The van der Waals surface area contributed by atoms with Crippen molar-refractivity contribution < 1.29 is 30.2 Å². The second-order valence-electron chi connectivity index (χ2n) is 13.3. The first-order valence-electron chi connectivity index (χ1n) is 18.6. The maximum Gasteiger partial charge on any atom is 0.267 e. The molecule has 0 unspecified atom stereocenters. The van der Waals surface area contributed by atoms with Gasteiger partial charge >= 0.3 is 0 Å². The molecule has 12 nitrogen and oxygen atoms in total. The van der Waals surface area contributed by atoms with Crippen molar-refractivity contribution in [1.82, 2.24) is 30.7 Å². The van der Waals surface area contributed by atoms with Crippen molar-refractivity contribution in [3.63, 3.8) is 0 Å². The van der Waals surface area contributed by atoms with E-state index in [1.807, 2.05) is 72.8 Å². The third kappa shape index (κ3) is 12.6. The van der Waals surface area contributed by atoms with Gasteiger partial charge in [0, 0.05) is 85.6 Å². The minimum Gasteiger partial charge on any atom is -0.395 e. The van der Waals surface area contributed by atoms with Gasteiger partial charge in [-0.25, -0.2) is 11.0 Å². The van der Waals surface area contributed by atoms with Crippen LogP contribution < -0.4 is 11.0 Å². The molecular formula is C44H50N6O6. The Balaban J connectivity index is 0.000000214. The van der Waals surface area contributed by atoms with Crippen LogP contribution in [-0.4, -0.2) is 91.6 Å². The van der Waals surface area contributed by atoms with E-state index in [9.17, 15) is 19.8 Å². The Kier molecular flexibility index (Phi) is 16.1. The van der Waals surface area contributed by atoms with E-state index in [-0.39, 0.29) is 13.2 Å². The highest BCUT2D eigenvalue weighted by Gasteiger charge is 2.11. The van der Waals surface area contributed by atoms with Crippen LogP contribution in [-0.2, 0) is 35.5 Å². The van der Waals surface area contributed by atoms with Gasteiger partial charge in [0.25, 0.3) is 11.8 Å². The van der Waals surface area contributed by atoms with Gasteiger partial charge in [-0.05, 0) is 70.5 Å². The molecule has 0 bridgehead atoms. The van der Waals surface area contributed by atoms with Gasteiger partial charge in [-0.3, -0.25) is 29.8 Å². The Morgan fingerprint density at radius 1 is 0.554 bits per heavy atom. The predicted molar refractivity (Wildman–Crippen MR) is 220 cm³/mol. The van der Waals surface area contributed by atoms with Gasteiger partial charge in [-0.15, -0.1) is 0 Å². The van der Waals surface area contributed by atoms with E-state index in [0.29, 0.717) is 13.1 Å². The number of carbonyl (C=O) groups is 2. The molecule has 0 aliphatic rings. The molecule has 8 N–H and O–H groups in total. The number of fused-ring (bicyclic) bond motifs is 2. The molecule has 12 heteroatoms. The molecule has 0 fully saturated rings. The highest BCUT2D eigenvalue weighted by atomic mass is 16.5. The maximum atomic E-state index is 11.0. The second-order valence-corrected chi connectivity index (χ2v) is 13.3. The van der Waals surface area contributed by atoms with Crippen molar-refractivity contribution in [2.75, 3.05) is 39.4 Å². The quantitative estimate of drug-likeness (QED) is 0.0324. The van der Waals surface area contributed by atoms with Crippen molar-refractivity contribution >= 4 is 45.8 Å². The van der Waals surface area contributed by atoms with Crippen molar-refractivity contribution in [1.29, 1.82) is 0 Å². The molecule has 0 atom stereocenters. The van der Waals surface area contributed by atoms with Crippen molar-refractivity contribution in [3.05, 3.63) is 155 Å². The molecule has 0 saturated carbocycles. The second kappa shape index (κ2) is 21.9. The first kappa shape index (κ1) is 41.3. The zero-order valence-electron chi connectivity index (χ0n) is 31.3. The SMILES string of the molecule is O=C(/C=C/c1ccc(CN(CCO)CCc2c[nH]c3ccccc23)cc1)NO.O=C(/C=C/c1ccc(CN(CCO)CCc2c[nH]c3ccccc23)cc1)NO. The zero-order chi connectivity index (χ0) is 39.5. The van der Waals surface area contributed by atoms with Crippen molar-refractivity contribution in [2.45, 2.75) is 25.9 Å². The Hall–Kier alpha value is -5.86. The summed E-state index contributed by atoms with van der Waals surface area (Å²) in [5, 5.41) is 38.3. The third-order valence-electron chi connectivity index (χ3n) is 9.42. The van der Waals surface area contributed by atoms with E-state index >= 15 is 0 Å². The number of para-hydroxylation sites is 2. The number of aliphatic hydroxyl groups is 2. The minimum atomic E-state index is -0.560. The number of aromatic amines is 2. The van der Waals surface area contributed by atoms with E-state index in [1.54, 1.807) is 23.1 Å². The summed E-state index contributed by atoms with van der Waals surface area (Å²) in [4.78, 5) is 33.1. The fourth-order valence-electron chi connectivity index (χ4n) is 6.46. The molecule has 56 heavy (non-hydrogen) atoms. The van der Waals surface area contributed by atoms with Gasteiger partial charge < -0.3 is 20.2 Å². The lowest BCUT2D eigenvalue weighted by Crippen LogP contribution is -2.28. The number of H-pyrrole nitrogens is 2. The number of hydrogen-bond donors (Lipinski definition) is 8. The average Bonchev–Trinajstić information content (AvgIpc) is 3.85. The molecule has 2 heterocycles. The van der Waals surface area contributed by atoms with E-state index in [1.165, 1.54) is 34.1 Å². The van der Waals surface area contributed by atoms with Crippen LogP contribution >= 0.6 is 0 Å². The Labute approximate surface area is 326 Å². The molecule has 0 radical (unpaired) electrons. The summed E-state index contributed by atoms with van der Waals surface area (Å²) in [5.74, 6) is -1.12. The van der Waals surface area contributed by atoms with Gasteiger partial charge in [0.1, 0.15) is 0 Å². The molecule has 292 valence electrons. The summed E-state index contributed by atoms with van der Waals surface area (Å²) < 4.78 is 0. The molecule has 0 spiro atoms. The Morgan fingerprint density at radius 2 is 0.946 bits per heavy atom. The van der Waals surface area contributed by atoms with Crippen LogP contribution in [0, 0.1) is 0 Å². The molecule has 0 aliphatic carbocycles. The van der Waals surface area contributed by atoms with Gasteiger partial charge in [0.2, 0.25) is 0 Å². The fourth-order valence-corrected chi connectivity index (χ4v) is 6.46. The van der Waals surface area contributed by atoms with Gasteiger partial charge in [0.05, 0.1) is 13.2 Å². The number of hydrogen-bond acceptors (Lipinski definition) is 8. The summed E-state index contributed by atoms with van der Waals surface area (Å²) in [6.07, 6.45) is 11.7. The summed E-state index contributed by atoms with van der Waals surface area (Å²) in [5.41, 5.74) is 12.0. The number of hydroxylamine groups is 2. The lowest BCUT2D eigenvalue weighted by Gasteiger charge is -2.21. The molecule has 6 aromatic rings. The molecule has 4 aromatic carbocycles. The van der Waals surface area contributed by atoms with Gasteiger partial charge in [-0.2, -0.15) is 0 Å². The summed E-state index contributed by atoms with van der Waals surface area (Å²) in [6.45, 7) is 4.63. The standard InChI is InChI=1S/2C22H25N3O3/c2*26-14-13-25(12-11-19-15-23-21-4-2-1-3-20(19)21)16-18-7-5-17(6-8-18)9-10-22(27)24-28/h2*1-10,15,23,26,28H,11-14,16H2,(H,24,27)/b2*10-9+. The number of aromatic nitrogens is 2. The van der Waals surface area contributed by atoms with Crippen molar-refractivity contribution in [2.24, 2.45) is 0 Å². The fraction of sp³-hybridized carbons (Fsp3) is 0.227. The van der Waals surface area contributed by atoms with Crippen LogP contribution in [0.25, 0.3) is 34.0 Å². The molecule has 0 aliphatic heterocycles.